The molecular formula is C38H44N6O2Si. The first-order chi connectivity index (χ1) is 22.2. The molecule has 0 amide bonds. The zero-order valence-corrected chi connectivity index (χ0v) is 29.8. The van der Waals surface area contributed by atoms with Crippen molar-refractivity contribution in [1.82, 2.24) is 19.2 Å². The molecule has 4 aromatic heterocycles. The Hall–Kier alpha value is -5.02. The van der Waals surface area contributed by atoms with E-state index in [9.17, 15) is 9.59 Å². The van der Waals surface area contributed by atoms with Crippen molar-refractivity contribution < 1.29 is 9.59 Å². The van der Waals surface area contributed by atoms with Gasteiger partial charge in [-0.3, -0.25) is 9.59 Å². The molecule has 47 heavy (non-hydrogen) atoms. The van der Waals surface area contributed by atoms with E-state index in [0.29, 0.717) is 22.3 Å². The molecule has 0 fully saturated rings. The number of aromatic nitrogens is 4. The summed E-state index contributed by atoms with van der Waals surface area (Å²) in [7, 11) is 6.17. The van der Waals surface area contributed by atoms with Crippen LogP contribution in [0, 0.1) is 0 Å². The lowest BCUT2D eigenvalue weighted by molar-refractivity contribution is 0.103. The van der Waals surface area contributed by atoms with Crippen molar-refractivity contribution in [2.75, 3.05) is 38.0 Å². The number of benzene rings is 2. The van der Waals surface area contributed by atoms with Crippen LogP contribution in [0.1, 0.15) is 52.6 Å². The molecule has 0 saturated heterocycles. The van der Waals surface area contributed by atoms with Gasteiger partial charge in [-0.1, -0.05) is 33.9 Å². The molecule has 0 aliphatic rings. The summed E-state index contributed by atoms with van der Waals surface area (Å²) < 4.78 is 2.35. The second-order valence-corrected chi connectivity index (χ2v) is 18.9. The van der Waals surface area contributed by atoms with Gasteiger partial charge in [-0.05, 0) is 84.0 Å². The van der Waals surface area contributed by atoms with Crippen LogP contribution in [0.2, 0.25) is 18.1 Å². The predicted octanol–water partition coefficient (Wildman–Crippen LogP) is 8.05. The maximum atomic E-state index is 12.9. The Bertz CT molecular complexity index is 2030. The molecule has 9 heteroatoms. The number of carbonyl (C=O) groups excluding carboxylic acids is 2. The van der Waals surface area contributed by atoms with E-state index in [-0.39, 0.29) is 16.6 Å². The molecule has 6 aromatic rings. The minimum Gasteiger partial charge on any atom is -0.378 e. The molecule has 8 nitrogen and oxygen atoms in total. The van der Waals surface area contributed by atoms with Gasteiger partial charge < -0.3 is 19.0 Å². The van der Waals surface area contributed by atoms with Gasteiger partial charge in [0.15, 0.2) is 19.8 Å². The topological polar surface area (TPSA) is 87.1 Å². The Morgan fingerprint density at radius 3 is 1.66 bits per heavy atom. The van der Waals surface area contributed by atoms with Crippen molar-refractivity contribution in [1.29, 1.82) is 0 Å². The summed E-state index contributed by atoms with van der Waals surface area (Å²) in [6.07, 6.45) is 7.28. The van der Waals surface area contributed by atoms with Crippen molar-refractivity contribution in [3.05, 3.63) is 120 Å². The highest BCUT2D eigenvalue weighted by atomic mass is 28.3. The Kier molecular flexibility index (Phi) is 9.22. The fraction of sp³-hybridized carbons (Fsp3) is 0.263. The Morgan fingerprint density at radius 1 is 0.681 bits per heavy atom. The van der Waals surface area contributed by atoms with E-state index in [1.54, 1.807) is 12.4 Å². The number of rotatable bonds is 7. The van der Waals surface area contributed by atoms with Crippen molar-refractivity contribution in [3.8, 4) is 0 Å². The summed E-state index contributed by atoms with van der Waals surface area (Å²) in [6, 6.07) is 23.1. The number of carbonyl (C=O) groups is 2. The highest BCUT2D eigenvalue weighted by Gasteiger charge is 2.38. The maximum absolute atomic E-state index is 12.9. The van der Waals surface area contributed by atoms with Crippen LogP contribution in [-0.4, -0.2) is 67.2 Å². The van der Waals surface area contributed by atoms with Gasteiger partial charge in [0.2, 0.25) is 0 Å². The molecule has 0 atom stereocenters. The molecule has 242 valence electrons. The number of nitrogens with one attached hydrogen (secondary N) is 1. The number of hydrogen-bond donors (Lipinski definition) is 1. The van der Waals surface area contributed by atoms with Gasteiger partial charge in [0.05, 0.1) is 0 Å². The van der Waals surface area contributed by atoms with Gasteiger partial charge in [-0.25, -0.2) is 9.97 Å². The molecule has 0 spiro atoms. The Morgan fingerprint density at radius 2 is 1.17 bits per heavy atom. The number of aromatic amines is 1. The lowest BCUT2D eigenvalue weighted by Gasteiger charge is -2.38. The zero-order chi connectivity index (χ0) is 34.1. The molecule has 0 bridgehead atoms. The van der Waals surface area contributed by atoms with Crippen molar-refractivity contribution in [3.63, 3.8) is 0 Å². The summed E-state index contributed by atoms with van der Waals surface area (Å²) in [5.74, 6) is 0.000638. The number of hydrogen-bond acceptors (Lipinski definition) is 6. The third-order valence-electron chi connectivity index (χ3n) is 9.18. The first-order valence-electron chi connectivity index (χ1n) is 15.7. The third kappa shape index (κ3) is 6.90. The highest BCUT2D eigenvalue weighted by molar-refractivity contribution is 6.79. The van der Waals surface area contributed by atoms with E-state index in [0.717, 1.165) is 33.4 Å². The minimum atomic E-state index is -1.75. The quantitative estimate of drug-likeness (QED) is 0.140. The number of H-pyrrole nitrogens is 1. The van der Waals surface area contributed by atoms with Crippen LogP contribution in [0.3, 0.4) is 0 Å². The Balaban J connectivity index is 0.000000193. The molecule has 0 unspecified atom stereocenters. The van der Waals surface area contributed by atoms with E-state index >= 15 is 0 Å². The number of ketones is 2. The molecule has 0 saturated carbocycles. The summed E-state index contributed by atoms with van der Waals surface area (Å²) in [6.45, 7) is 11.6. The van der Waals surface area contributed by atoms with Crippen LogP contribution in [0.5, 0.6) is 0 Å². The SMILES string of the molecule is CN(C)c1ccc(C(=O)c2cnc3[nH]ccc3c2)cc1.CN(C)c1ccc(C(=O)c2cnc3c(ccn3[Si](C)(C)C(C)(C)C)c2)cc1. The second kappa shape index (κ2) is 13.0. The van der Waals surface area contributed by atoms with Crippen LogP contribution in [0.4, 0.5) is 11.4 Å². The van der Waals surface area contributed by atoms with Gasteiger partial charge >= 0.3 is 0 Å². The average molecular weight is 645 g/mol. The number of pyridine rings is 2. The Labute approximate surface area is 278 Å². The predicted molar refractivity (Wildman–Crippen MR) is 197 cm³/mol. The molecule has 4 heterocycles. The monoisotopic (exact) mass is 644 g/mol. The smallest absolute Gasteiger partial charge is 0.194 e. The van der Waals surface area contributed by atoms with E-state index in [4.69, 9.17) is 0 Å². The molecule has 2 aromatic carbocycles. The fourth-order valence-electron chi connectivity index (χ4n) is 5.18. The first-order valence-corrected chi connectivity index (χ1v) is 18.7. The number of nitrogens with zero attached hydrogens (tertiary/aromatic N) is 5. The standard InChI is InChI=1S/C22H29N3OSi.C16H15N3O/c1-22(2,3)27(6,7)25-13-12-17-14-18(15-23-21(17)25)20(26)16-8-10-19(11-9-16)24(4)5;1-19(2)14-5-3-11(4-6-14)15(20)13-9-12-7-8-17-16(12)18-10-13/h8-15H,1-7H3;3-10H,1-2H3,(H,17,18). The van der Waals surface area contributed by atoms with Gasteiger partial charge in [-0.15, -0.1) is 0 Å². The average Bonchev–Trinajstić information content (AvgIpc) is 3.71. The number of anilines is 2. The molecule has 0 aliphatic carbocycles. The normalized spacial score (nSPS) is 11.7. The van der Waals surface area contributed by atoms with Crippen molar-refractivity contribution in [2.24, 2.45) is 0 Å². The molecule has 0 aliphatic heterocycles. The van der Waals surface area contributed by atoms with Gasteiger partial charge in [0.25, 0.3) is 0 Å². The highest BCUT2D eigenvalue weighted by Crippen LogP contribution is 2.38. The molecular weight excluding hydrogens is 601 g/mol. The lowest BCUT2D eigenvalue weighted by Crippen LogP contribution is -2.45. The van der Waals surface area contributed by atoms with Gasteiger partial charge in [-0.2, -0.15) is 0 Å². The zero-order valence-electron chi connectivity index (χ0n) is 28.8. The van der Waals surface area contributed by atoms with Crippen LogP contribution >= 0.6 is 0 Å². The van der Waals surface area contributed by atoms with Crippen LogP contribution in [-0.2, 0) is 0 Å². The maximum Gasteiger partial charge on any atom is 0.194 e. The summed E-state index contributed by atoms with van der Waals surface area (Å²) in [5, 5.41) is 2.18. The van der Waals surface area contributed by atoms with Crippen LogP contribution in [0.15, 0.2) is 97.6 Å². The number of fused-ring (bicyclic) bond motifs is 2. The second-order valence-electron chi connectivity index (χ2n) is 13.8. The van der Waals surface area contributed by atoms with E-state index in [1.807, 2.05) is 111 Å². The van der Waals surface area contributed by atoms with Gasteiger partial charge in [0.1, 0.15) is 11.3 Å². The van der Waals surface area contributed by atoms with E-state index in [2.05, 4.69) is 65.3 Å². The van der Waals surface area contributed by atoms with Crippen LogP contribution < -0.4 is 9.80 Å². The van der Waals surface area contributed by atoms with Crippen molar-refractivity contribution in [2.45, 2.75) is 38.9 Å². The molecule has 0 radical (unpaired) electrons. The summed E-state index contributed by atoms with van der Waals surface area (Å²) >= 11 is 0. The molecule has 6 rings (SSSR count). The third-order valence-corrected chi connectivity index (χ3v) is 14.4. The molecule has 1 N–H and O–H groups in total. The lowest BCUT2D eigenvalue weighted by atomic mass is 10.0. The fourth-order valence-corrected chi connectivity index (χ4v) is 7.07. The van der Waals surface area contributed by atoms with E-state index < -0.39 is 8.24 Å². The van der Waals surface area contributed by atoms with Gasteiger partial charge in [0, 0.05) is 91.2 Å². The largest absolute Gasteiger partial charge is 0.378 e. The van der Waals surface area contributed by atoms with Crippen molar-refractivity contribution >= 4 is 53.2 Å². The summed E-state index contributed by atoms with van der Waals surface area (Å²) in [5.41, 5.74) is 6.51. The first kappa shape index (κ1) is 33.3. The van der Waals surface area contributed by atoms with Crippen LogP contribution in [0.25, 0.3) is 22.1 Å². The van der Waals surface area contributed by atoms with E-state index in [1.165, 1.54) is 0 Å². The minimum absolute atomic E-state index is 0.00842. The summed E-state index contributed by atoms with van der Waals surface area (Å²) in [4.78, 5) is 41.3.